The number of pyridine rings is 2. The molecule has 0 fully saturated rings. The van der Waals surface area contributed by atoms with E-state index in [1.165, 1.54) is 5.56 Å². The molecule has 0 bridgehead atoms. The van der Waals surface area contributed by atoms with Crippen molar-refractivity contribution in [1.82, 2.24) is 19.9 Å². The molecule has 0 amide bonds. The third-order valence-electron chi connectivity index (χ3n) is 8.22. The van der Waals surface area contributed by atoms with Crippen LogP contribution in [0.2, 0.25) is 0 Å². The molecule has 4 heteroatoms. The molecule has 0 radical (unpaired) electrons. The maximum atomic E-state index is 5.19. The topological polar surface area (TPSA) is 51.6 Å². The van der Waals surface area contributed by atoms with Crippen LogP contribution < -0.4 is 0 Å². The van der Waals surface area contributed by atoms with Gasteiger partial charge in [-0.15, -0.1) is 0 Å². The molecule has 8 aromatic rings. The van der Waals surface area contributed by atoms with Gasteiger partial charge in [0.25, 0.3) is 0 Å². The summed E-state index contributed by atoms with van der Waals surface area (Å²) in [7, 11) is 0. The van der Waals surface area contributed by atoms with Crippen molar-refractivity contribution in [2.45, 2.75) is 6.92 Å². The van der Waals surface area contributed by atoms with Crippen molar-refractivity contribution in [3.63, 3.8) is 0 Å². The number of hydrogen-bond donors (Lipinski definition) is 0. The molecular weight excluding hydrogens is 548 g/mol. The second kappa shape index (κ2) is 11.3. The van der Waals surface area contributed by atoms with E-state index in [1.807, 2.05) is 54.6 Å². The zero-order chi connectivity index (χ0) is 30.2. The van der Waals surface area contributed by atoms with E-state index < -0.39 is 0 Å². The van der Waals surface area contributed by atoms with Gasteiger partial charge >= 0.3 is 0 Å². The Morgan fingerprint density at radius 2 is 0.822 bits per heavy atom. The Morgan fingerprint density at radius 3 is 1.42 bits per heavy atom. The molecule has 0 aliphatic heterocycles. The van der Waals surface area contributed by atoms with Gasteiger partial charge in [0, 0.05) is 38.6 Å². The zero-order valence-corrected chi connectivity index (χ0v) is 24.7. The van der Waals surface area contributed by atoms with Crippen molar-refractivity contribution in [3.8, 4) is 56.4 Å². The summed E-state index contributed by atoms with van der Waals surface area (Å²) in [5.74, 6) is 0.688. The van der Waals surface area contributed by atoms with Crippen molar-refractivity contribution in [3.05, 3.63) is 157 Å². The molecule has 0 saturated carbocycles. The molecule has 45 heavy (non-hydrogen) atoms. The fourth-order valence-corrected chi connectivity index (χ4v) is 5.84. The Hall–Kier alpha value is -6.00. The summed E-state index contributed by atoms with van der Waals surface area (Å²) in [5.41, 5.74) is 11.8. The van der Waals surface area contributed by atoms with E-state index in [4.69, 9.17) is 19.9 Å². The summed E-state index contributed by atoms with van der Waals surface area (Å²) >= 11 is 0. The largest absolute Gasteiger partial charge is 0.245 e. The van der Waals surface area contributed by atoms with Crippen LogP contribution in [0.4, 0.5) is 0 Å². The van der Waals surface area contributed by atoms with Gasteiger partial charge in [0.15, 0.2) is 5.82 Å². The molecular formula is C41H28N4. The van der Waals surface area contributed by atoms with Gasteiger partial charge in [-0.3, -0.25) is 0 Å². The Balaban J connectivity index is 1.21. The second-order valence-electron chi connectivity index (χ2n) is 11.2. The molecule has 3 heterocycles. The van der Waals surface area contributed by atoms with Gasteiger partial charge < -0.3 is 0 Å². The minimum absolute atomic E-state index is 0.688. The summed E-state index contributed by atoms with van der Waals surface area (Å²) in [5, 5.41) is 2.19. The molecule has 8 rings (SSSR count). The van der Waals surface area contributed by atoms with Crippen molar-refractivity contribution < 1.29 is 0 Å². The molecule has 0 spiro atoms. The number of rotatable bonds is 5. The first-order valence-corrected chi connectivity index (χ1v) is 15.1. The molecule has 0 unspecified atom stereocenters. The lowest BCUT2D eigenvalue weighted by Gasteiger charge is -2.11. The van der Waals surface area contributed by atoms with Gasteiger partial charge in [0.05, 0.1) is 33.8 Å². The lowest BCUT2D eigenvalue weighted by atomic mass is 10.0. The Labute approximate surface area is 261 Å². The predicted octanol–water partition coefficient (Wildman–Crippen LogP) is 10.2. The van der Waals surface area contributed by atoms with E-state index in [9.17, 15) is 0 Å². The molecule has 0 aliphatic carbocycles. The van der Waals surface area contributed by atoms with Crippen molar-refractivity contribution in [2.75, 3.05) is 0 Å². The number of aryl methyl sites for hydroxylation is 1. The highest BCUT2D eigenvalue weighted by Crippen LogP contribution is 2.32. The second-order valence-corrected chi connectivity index (χ2v) is 11.2. The summed E-state index contributed by atoms with van der Waals surface area (Å²) in [6.45, 7) is 2.14. The van der Waals surface area contributed by atoms with Gasteiger partial charge in [-0.1, -0.05) is 133 Å². The summed E-state index contributed by atoms with van der Waals surface area (Å²) in [4.78, 5) is 20.3. The fraction of sp³-hybridized carbons (Fsp3) is 0.0244. The summed E-state index contributed by atoms with van der Waals surface area (Å²) in [6.07, 6.45) is 0. The van der Waals surface area contributed by atoms with Gasteiger partial charge in [0.2, 0.25) is 0 Å². The highest BCUT2D eigenvalue weighted by Gasteiger charge is 2.13. The minimum Gasteiger partial charge on any atom is -0.245 e. The fourth-order valence-electron chi connectivity index (χ4n) is 5.84. The lowest BCUT2D eigenvalue weighted by molar-refractivity contribution is 1.18. The van der Waals surface area contributed by atoms with E-state index in [0.717, 1.165) is 72.4 Å². The number of nitrogens with zero attached hydrogens (tertiary/aromatic N) is 4. The van der Waals surface area contributed by atoms with Crippen LogP contribution in [-0.4, -0.2) is 19.9 Å². The van der Waals surface area contributed by atoms with E-state index in [2.05, 4.69) is 104 Å². The number of aromatic nitrogens is 4. The quantitative estimate of drug-likeness (QED) is 0.191. The first-order chi connectivity index (χ1) is 22.2. The predicted molar refractivity (Wildman–Crippen MR) is 185 cm³/mol. The van der Waals surface area contributed by atoms with Crippen LogP contribution in [-0.2, 0) is 0 Å². The van der Waals surface area contributed by atoms with E-state index in [-0.39, 0.29) is 0 Å². The maximum absolute atomic E-state index is 5.19. The Kier molecular flexibility index (Phi) is 6.65. The normalized spacial score (nSPS) is 11.2. The number of hydrogen-bond acceptors (Lipinski definition) is 4. The molecule has 0 N–H and O–H groups in total. The van der Waals surface area contributed by atoms with E-state index in [0.29, 0.717) is 5.82 Å². The first kappa shape index (κ1) is 26.6. The number of benzene rings is 5. The van der Waals surface area contributed by atoms with Crippen molar-refractivity contribution >= 4 is 21.8 Å². The Bertz CT molecular complexity index is 2240. The third kappa shape index (κ3) is 5.13. The van der Waals surface area contributed by atoms with Crippen molar-refractivity contribution in [2.24, 2.45) is 0 Å². The van der Waals surface area contributed by atoms with Gasteiger partial charge in [-0.2, -0.15) is 0 Å². The molecule has 212 valence electrons. The molecule has 0 aliphatic rings. The summed E-state index contributed by atoms with van der Waals surface area (Å²) < 4.78 is 0. The van der Waals surface area contributed by atoms with Gasteiger partial charge in [-0.25, -0.2) is 19.9 Å². The smallest absolute Gasteiger partial charge is 0.160 e. The molecule has 0 atom stereocenters. The molecule has 0 saturated heterocycles. The monoisotopic (exact) mass is 576 g/mol. The van der Waals surface area contributed by atoms with Crippen LogP contribution >= 0.6 is 0 Å². The van der Waals surface area contributed by atoms with Crippen LogP contribution in [0.15, 0.2) is 152 Å². The van der Waals surface area contributed by atoms with Crippen LogP contribution in [0.1, 0.15) is 5.56 Å². The average molecular weight is 577 g/mol. The molecule has 3 aromatic heterocycles. The highest BCUT2D eigenvalue weighted by atomic mass is 14.9. The minimum atomic E-state index is 0.688. The van der Waals surface area contributed by atoms with E-state index >= 15 is 0 Å². The van der Waals surface area contributed by atoms with Gasteiger partial charge in [0.1, 0.15) is 0 Å². The lowest BCUT2D eigenvalue weighted by Crippen LogP contribution is -1.96. The highest BCUT2D eigenvalue weighted by molar-refractivity contribution is 6.05. The van der Waals surface area contributed by atoms with Crippen LogP contribution in [0.5, 0.6) is 0 Å². The van der Waals surface area contributed by atoms with Crippen molar-refractivity contribution in [1.29, 1.82) is 0 Å². The van der Waals surface area contributed by atoms with Gasteiger partial charge in [-0.05, 0) is 30.7 Å². The third-order valence-corrected chi connectivity index (χ3v) is 8.22. The average Bonchev–Trinajstić information content (AvgIpc) is 3.12. The number of fused-ring (bicyclic) bond motifs is 3. The first-order valence-electron chi connectivity index (χ1n) is 15.1. The SMILES string of the molecule is Cc1cc(-c2ccc(-c3nc(-c4ccccc4)cc(-c4ccccc4)n3)cc2)nc2c1ccc1ccc(-c3ccccc3)nc12. The van der Waals surface area contributed by atoms with E-state index in [1.54, 1.807) is 0 Å². The maximum Gasteiger partial charge on any atom is 0.160 e. The molecule has 4 nitrogen and oxygen atoms in total. The van der Waals surface area contributed by atoms with Crippen LogP contribution in [0.3, 0.4) is 0 Å². The van der Waals surface area contributed by atoms with Crippen LogP contribution in [0, 0.1) is 6.92 Å². The Morgan fingerprint density at radius 1 is 0.356 bits per heavy atom. The molecule has 5 aromatic carbocycles. The standard InChI is InChI=1S/C41H28N4/c1-27-25-36(43-40-34(27)23-21-32-22-24-35(42-39(32)40)28-11-5-2-6-12-28)31-17-19-33(20-18-31)41-44-37(29-13-7-3-8-14-29)26-38(45-41)30-15-9-4-10-16-30/h2-26H,1H3. The summed E-state index contributed by atoms with van der Waals surface area (Å²) in [6, 6.07) is 51.9. The van der Waals surface area contributed by atoms with Crippen LogP contribution in [0.25, 0.3) is 78.2 Å². The zero-order valence-electron chi connectivity index (χ0n) is 24.7.